The number of nitrogens with one attached hydrogen (secondary N) is 1. The highest BCUT2D eigenvalue weighted by Gasteiger charge is 2.46. The number of nitrogens with zero attached hydrogens (tertiary/aromatic N) is 2. The third kappa shape index (κ3) is 3.54. The zero-order chi connectivity index (χ0) is 19.9. The Hall–Kier alpha value is -1.95. The molecular weight excluding hydrogens is 357 g/mol. The number of urea groups is 1. The maximum Gasteiger partial charge on any atom is 0.328 e. The summed E-state index contributed by atoms with van der Waals surface area (Å²) in [6.45, 7) is 7.50. The van der Waals surface area contributed by atoms with Gasteiger partial charge >= 0.3 is 6.03 Å². The van der Waals surface area contributed by atoms with Crippen LogP contribution in [0.1, 0.15) is 51.5 Å². The summed E-state index contributed by atoms with van der Waals surface area (Å²) >= 11 is 0. The van der Waals surface area contributed by atoms with Crippen LogP contribution in [0.5, 0.6) is 0 Å². The summed E-state index contributed by atoms with van der Waals surface area (Å²) < 4.78 is 13.7. The van der Waals surface area contributed by atoms with Crippen molar-refractivity contribution in [2.45, 2.75) is 51.4 Å². The van der Waals surface area contributed by atoms with E-state index >= 15 is 0 Å². The fourth-order valence-electron chi connectivity index (χ4n) is 4.65. The molecule has 0 aromatic heterocycles. The average molecular weight is 387 g/mol. The van der Waals surface area contributed by atoms with Gasteiger partial charge in [0.15, 0.2) is 0 Å². The summed E-state index contributed by atoms with van der Waals surface area (Å²) in [6, 6.07) is 3.78. The third-order valence-corrected chi connectivity index (χ3v) is 6.81. The van der Waals surface area contributed by atoms with Gasteiger partial charge in [-0.25, -0.2) is 14.1 Å². The highest BCUT2D eigenvalue weighted by molar-refractivity contribution is 6.22. The standard InChI is InChI=1S/C22H30FN3O2/c1-22(2)18-7-6-17(23)12-19(18)26(20(22)27)21(28)24-13-15-8-10-25(11-9-15)14-16-4-3-5-16/h6-7,12,15-16H,3-5,8-11,13-14H2,1-2H3,(H,24,28). The van der Waals surface area contributed by atoms with Crippen LogP contribution >= 0.6 is 0 Å². The van der Waals surface area contributed by atoms with E-state index in [1.165, 1.54) is 37.9 Å². The Bertz CT molecular complexity index is 767. The zero-order valence-corrected chi connectivity index (χ0v) is 16.8. The summed E-state index contributed by atoms with van der Waals surface area (Å²) in [5.74, 6) is 0.572. The van der Waals surface area contributed by atoms with Crippen molar-refractivity contribution in [2.24, 2.45) is 11.8 Å². The first kappa shape index (κ1) is 19.4. The average Bonchev–Trinajstić information content (AvgIpc) is 2.83. The summed E-state index contributed by atoms with van der Waals surface area (Å²) in [5, 5.41) is 2.93. The largest absolute Gasteiger partial charge is 0.337 e. The minimum absolute atomic E-state index is 0.305. The fourth-order valence-corrected chi connectivity index (χ4v) is 4.65. The predicted molar refractivity (Wildman–Crippen MR) is 107 cm³/mol. The second kappa shape index (κ2) is 7.47. The lowest BCUT2D eigenvalue weighted by atomic mass is 9.84. The van der Waals surface area contributed by atoms with Gasteiger partial charge in [-0.15, -0.1) is 0 Å². The topological polar surface area (TPSA) is 52.7 Å². The molecule has 1 N–H and O–H groups in total. The van der Waals surface area contributed by atoms with Gasteiger partial charge in [0.25, 0.3) is 0 Å². The molecule has 2 aliphatic heterocycles. The number of fused-ring (bicyclic) bond motifs is 1. The minimum atomic E-state index is -0.826. The van der Waals surface area contributed by atoms with Crippen LogP contribution < -0.4 is 10.2 Å². The lowest BCUT2D eigenvalue weighted by Crippen LogP contribution is -2.48. The molecule has 0 unspecified atom stereocenters. The lowest BCUT2D eigenvalue weighted by molar-refractivity contribution is -0.121. The molecule has 0 atom stereocenters. The van der Waals surface area contributed by atoms with Crippen LogP contribution in [-0.4, -0.2) is 43.0 Å². The van der Waals surface area contributed by atoms with Gasteiger partial charge in [0.2, 0.25) is 5.91 Å². The molecule has 28 heavy (non-hydrogen) atoms. The summed E-state index contributed by atoms with van der Waals surface area (Å²) in [7, 11) is 0. The fraction of sp³-hybridized carbons (Fsp3) is 0.636. The lowest BCUT2D eigenvalue weighted by Gasteiger charge is -2.37. The van der Waals surface area contributed by atoms with Gasteiger partial charge in [-0.05, 0) is 82.2 Å². The van der Waals surface area contributed by atoms with Crippen LogP contribution in [0.3, 0.4) is 0 Å². The number of anilines is 1. The first-order valence-corrected chi connectivity index (χ1v) is 10.5. The van der Waals surface area contributed by atoms with E-state index in [4.69, 9.17) is 0 Å². The van der Waals surface area contributed by atoms with Crippen LogP contribution in [0, 0.1) is 17.7 Å². The monoisotopic (exact) mass is 387 g/mol. The smallest absolute Gasteiger partial charge is 0.328 e. The van der Waals surface area contributed by atoms with Crippen molar-refractivity contribution in [1.82, 2.24) is 10.2 Å². The Labute approximate surface area is 166 Å². The number of likely N-dealkylation sites (tertiary alicyclic amines) is 1. The van der Waals surface area contributed by atoms with Crippen molar-refractivity contribution >= 4 is 17.6 Å². The molecule has 0 spiro atoms. The van der Waals surface area contributed by atoms with Gasteiger partial charge in [0, 0.05) is 13.1 Å². The molecule has 5 nitrogen and oxygen atoms in total. The molecule has 0 radical (unpaired) electrons. The number of amides is 3. The van der Waals surface area contributed by atoms with Crippen LogP contribution in [0.4, 0.5) is 14.9 Å². The van der Waals surface area contributed by atoms with Crippen LogP contribution in [0.15, 0.2) is 18.2 Å². The number of carbonyl (C=O) groups is 2. The first-order valence-electron chi connectivity index (χ1n) is 10.5. The zero-order valence-electron chi connectivity index (χ0n) is 16.8. The summed E-state index contributed by atoms with van der Waals surface area (Å²) in [4.78, 5) is 29.2. The maximum absolute atomic E-state index is 13.7. The van der Waals surface area contributed by atoms with Gasteiger partial charge < -0.3 is 10.2 Å². The molecular formula is C22H30FN3O2. The van der Waals surface area contributed by atoms with E-state index in [1.54, 1.807) is 19.9 Å². The number of benzene rings is 1. The highest BCUT2D eigenvalue weighted by Crippen LogP contribution is 2.41. The van der Waals surface area contributed by atoms with E-state index in [0.717, 1.165) is 36.7 Å². The molecule has 1 aromatic carbocycles. The van der Waals surface area contributed by atoms with E-state index in [2.05, 4.69) is 10.2 Å². The third-order valence-electron chi connectivity index (χ3n) is 6.81. The van der Waals surface area contributed by atoms with E-state index in [0.29, 0.717) is 23.7 Å². The predicted octanol–water partition coefficient (Wildman–Crippen LogP) is 3.67. The van der Waals surface area contributed by atoms with E-state index in [1.807, 2.05) is 0 Å². The quantitative estimate of drug-likeness (QED) is 0.858. The molecule has 1 aliphatic carbocycles. The molecule has 4 rings (SSSR count). The van der Waals surface area contributed by atoms with Gasteiger partial charge in [-0.1, -0.05) is 12.5 Å². The number of piperidine rings is 1. The Kier molecular flexibility index (Phi) is 5.17. The number of hydrogen-bond donors (Lipinski definition) is 1. The second-order valence-corrected chi connectivity index (χ2v) is 9.15. The molecule has 6 heteroatoms. The molecule has 3 aliphatic rings. The molecule has 152 valence electrons. The number of imide groups is 1. The molecule has 1 aromatic rings. The normalized spacial score (nSPS) is 22.8. The minimum Gasteiger partial charge on any atom is -0.337 e. The Balaban J connectivity index is 1.33. The molecule has 1 saturated carbocycles. The summed E-state index contributed by atoms with van der Waals surface area (Å²) in [5.41, 5.74) is 0.230. The van der Waals surface area contributed by atoms with Gasteiger partial charge in [0.1, 0.15) is 5.82 Å². The van der Waals surface area contributed by atoms with Crippen molar-refractivity contribution in [2.75, 3.05) is 31.1 Å². The van der Waals surface area contributed by atoms with Crippen molar-refractivity contribution in [3.63, 3.8) is 0 Å². The summed E-state index contributed by atoms with van der Waals surface area (Å²) in [6.07, 6.45) is 6.26. The van der Waals surface area contributed by atoms with Crippen molar-refractivity contribution in [3.05, 3.63) is 29.6 Å². The molecule has 0 bridgehead atoms. The Morgan fingerprint density at radius 2 is 1.89 bits per heavy atom. The molecule has 2 heterocycles. The highest BCUT2D eigenvalue weighted by atomic mass is 19.1. The number of rotatable bonds is 4. The molecule has 1 saturated heterocycles. The maximum atomic E-state index is 13.7. The van der Waals surface area contributed by atoms with Crippen LogP contribution in [0.2, 0.25) is 0 Å². The molecule has 3 amide bonds. The number of carbonyl (C=O) groups excluding carboxylic acids is 2. The first-order chi connectivity index (χ1) is 13.4. The van der Waals surface area contributed by atoms with E-state index < -0.39 is 17.3 Å². The molecule has 2 fully saturated rings. The Morgan fingerprint density at radius 3 is 2.54 bits per heavy atom. The van der Waals surface area contributed by atoms with Crippen molar-refractivity contribution in [3.8, 4) is 0 Å². The second-order valence-electron chi connectivity index (χ2n) is 9.15. The van der Waals surface area contributed by atoms with Crippen molar-refractivity contribution < 1.29 is 14.0 Å². The van der Waals surface area contributed by atoms with Crippen molar-refractivity contribution in [1.29, 1.82) is 0 Å². The van der Waals surface area contributed by atoms with E-state index in [9.17, 15) is 14.0 Å². The van der Waals surface area contributed by atoms with Gasteiger partial charge in [0.05, 0.1) is 11.1 Å². The number of halogens is 1. The van der Waals surface area contributed by atoms with E-state index in [-0.39, 0.29) is 5.91 Å². The number of hydrogen-bond acceptors (Lipinski definition) is 3. The van der Waals surface area contributed by atoms with Gasteiger partial charge in [-0.3, -0.25) is 4.79 Å². The SMILES string of the molecule is CC1(C)C(=O)N(C(=O)NCC2CCN(CC3CCC3)CC2)c2cc(F)ccc21. The van der Waals surface area contributed by atoms with Crippen LogP contribution in [-0.2, 0) is 10.2 Å². The Morgan fingerprint density at radius 1 is 1.18 bits per heavy atom. The van der Waals surface area contributed by atoms with Crippen LogP contribution in [0.25, 0.3) is 0 Å². The van der Waals surface area contributed by atoms with Gasteiger partial charge in [-0.2, -0.15) is 0 Å².